The van der Waals surface area contributed by atoms with E-state index in [2.05, 4.69) is 46.5 Å². The average Bonchev–Trinajstić information content (AvgIpc) is 2.65. The molecule has 1 rings (SSSR count). The van der Waals surface area contributed by atoms with Crippen LogP contribution in [0.2, 0.25) is 16.6 Å². The molecule has 0 saturated heterocycles. The Labute approximate surface area is 111 Å². The van der Waals surface area contributed by atoms with Gasteiger partial charge < -0.3 is 4.42 Å². The normalized spacial score (nSPS) is 13.1. The van der Waals surface area contributed by atoms with Gasteiger partial charge >= 0.3 is 0 Å². The van der Waals surface area contributed by atoms with Gasteiger partial charge in [0.25, 0.3) is 0 Å². The van der Waals surface area contributed by atoms with E-state index in [9.17, 15) is 0 Å². The topological polar surface area (TPSA) is 26.0 Å². The summed E-state index contributed by atoms with van der Waals surface area (Å²) < 4.78 is 6.00. The maximum atomic E-state index is 6.00. The molecular formula is C13H25NOSSi. The molecule has 1 aromatic heterocycles. The van der Waals surface area contributed by atoms with Crippen molar-refractivity contribution < 1.29 is 4.42 Å². The van der Waals surface area contributed by atoms with Crippen LogP contribution in [0.15, 0.2) is 15.7 Å². The van der Waals surface area contributed by atoms with Crippen molar-refractivity contribution in [3.8, 4) is 0 Å². The van der Waals surface area contributed by atoms with Crippen molar-refractivity contribution in [2.45, 2.75) is 63.3 Å². The average molecular weight is 272 g/mol. The van der Waals surface area contributed by atoms with Crippen LogP contribution in [0.3, 0.4) is 0 Å². The first-order valence-electron chi connectivity index (χ1n) is 6.37. The van der Waals surface area contributed by atoms with E-state index in [-0.39, 0.29) is 0 Å². The Morgan fingerprint density at radius 2 is 1.53 bits per heavy atom. The fourth-order valence-electron chi connectivity index (χ4n) is 3.29. The number of nitrogens with zero attached hydrogens (tertiary/aromatic N) is 1. The summed E-state index contributed by atoms with van der Waals surface area (Å²) in [7, 11) is -1.69. The quantitative estimate of drug-likeness (QED) is 0.590. The molecule has 0 radical (unpaired) electrons. The number of oxazole rings is 1. The molecule has 0 aliphatic carbocycles. The molecule has 0 amide bonds. The van der Waals surface area contributed by atoms with Crippen LogP contribution in [0.5, 0.6) is 0 Å². The smallest absolute Gasteiger partial charge is 0.180 e. The SMILES string of the molecule is CSc1cnc([Si](C(C)C)(C(C)C)C(C)C)o1. The van der Waals surface area contributed by atoms with Gasteiger partial charge in [-0.15, -0.1) is 0 Å². The van der Waals surface area contributed by atoms with Crippen LogP contribution in [0.25, 0.3) is 0 Å². The maximum absolute atomic E-state index is 6.00. The van der Waals surface area contributed by atoms with Crippen LogP contribution in [0, 0.1) is 0 Å². The largest absolute Gasteiger partial charge is 0.439 e. The summed E-state index contributed by atoms with van der Waals surface area (Å²) in [6.45, 7) is 14.0. The molecule has 0 aliphatic heterocycles. The third kappa shape index (κ3) is 2.48. The van der Waals surface area contributed by atoms with Crippen LogP contribution < -0.4 is 5.51 Å². The highest BCUT2D eigenvalue weighted by atomic mass is 32.2. The Morgan fingerprint density at radius 3 is 1.82 bits per heavy atom. The molecule has 0 N–H and O–H groups in total. The molecule has 1 aromatic rings. The minimum atomic E-state index is -1.69. The highest BCUT2D eigenvalue weighted by Crippen LogP contribution is 2.41. The summed E-state index contributed by atoms with van der Waals surface area (Å²) >= 11 is 1.63. The second kappa shape index (κ2) is 5.61. The molecule has 98 valence electrons. The van der Waals surface area contributed by atoms with Gasteiger partial charge in [-0.3, -0.25) is 0 Å². The van der Waals surface area contributed by atoms with Crippen molar-refractivity contribution in [3.63, 3.8) is 0 Å². The fraction of sp³-hybridized carbons (Fsp3) is 0.769. The zero-order valence-electron chi connectivity index (χ0n) is 12.1. The van der Waals surface area contributed by atoms with Gasteiger partial charge in [-0.1, -0.05) is 53.3 Å². The molecule has 0 spiro atoms. The van der Waals surface area contributed by atoms with Gasteiger partial charge in [0.2, 0.25) is 0 Å². The summed E-state index contributed by atoms with van der Waals surface area (Å²) in [6, 6.07) is 0. The molecule has 0 saturated carbocycles. The Balaban J connectivity index is 3.30. The molecular weight excluding hydrogens is 246 g/mol. The van der Waals surface area contributed by atoms with Crippen LogP contribution in [-0.2, 0) is 0 Å². The van der Waals surface area contributed by atoms with Crippen LogP contribution in [0.4, 0.5) is 0 Å². The summed E-state index contributed by atoms with van der Waals surface area (Å²) in [6.07, 6.45) is 3.92. The summed E-state index contributed by atoms with van der Waals surface area (Å²) in [5, 5.41) is 0.943. The summed E-state index contributed by atoms with van der Waals surface area (Å²) in [4.78, 5) is 4.60. The zero-order chi connectivity index (χ0) is 13.2. The minimum Gasteiger partial charge on any atom is -0.439 e. The van der Waals surface area contributed by atoms with Gasteiger partial charge in [-0.2, -0.15) is 0 Å². The molecule has 2 nitrogen and oxygen atoms in total. The van der Waals surface area contributed by atoms with Crippen molar-refractivity contribution in [1.82, 2.24) is 4.98 Å². The van der Waals surface area contributed by atoms with E-state index in [4.69, 9.17) is 4.42 Å². The van der Waals surface area contributed by atoms with Crippen LogP contribution in [0.1, 0.15) is 41.5 Å². The van der Waals surface area contributed by atoms with Gasteiger partial charge in [0.1, 0.15) is 0 Å². The Morgan fingerprint density at radius 1 is 1.06 bits per heavy atom. The maximum Gasteiger partial charge on any atom is 0.180 e. The van der Waals surface area contributed by atoms with E-state index < -0.39 is 8.07 Å². The molecule has 4 heteroatoms. The molecule has 0 bridgehead atoms. The number of hydrogen-bond donors (Lipinski definition) is 0. The highest BCUT2D eigenvalue weighted by Gasteiger charge is 2.48. The van der Waals surface area contributed by atoms with E-state index in [1.807, 2.05) is 12.5 Å². The first kappa shape index (κ1) is 14.8. The molecule has 0 atom stereocenters. The van der Waals surface area contributed by atoms with Crippen molar-refractivity contribution in [2.75, 3.05) is 6.26 Å². The lowest BCUT2D eigenvalue weighted by Gasteiger charge is -2.39. The standard InChI is InChI=1S/C13H25NOSSi/c1-9(2)17(10(3)4,11(5)6)13-14-8-12(15-13)16-7/h8-11H,1-7H3. The number of aromatic nitrogens is 1. The number of hydrogen-bond acceptors (Lipinski definition) is 3. The van der Waals surface area contributed by atoms with E-state index in [1.54, 1.807) is 11.8 Å². The number of thioether (sulfide) groups is 1. The Hall–Kier alpha value is -0.223. The third-order valence-corrected chi connectivity index (χ3v) is 11.2. The lowest BCUT2D eigenvalue weighted by molar-refractivity contribution is 0.492. The van der Waals surface area contributed by atoms with E-state index in [0.29, 0.717) is 16.6 Å². The van der Waals surface area contributed by atoms with Crippen molar-refractivity contribution in [3.05, 3.63) is 6.20 Å². The van der Waals surface area contributed by atoms with E-state index in [1.165, 1.54) is 0 Å². The molecule has 0 aromatic carbocycles. The Kier molecular flexibility index (Phi) is 4.90. The van der Waals surface area contributed by atoms with Crippen molar-refractivity contribution >= 4 is 25.3 Å². The summed E-state index contributed by atoms with van der Waals surface area (Å²) in [5.41, 5.74) is 2.99. The highest BCUT2D eigenvalue weighted by molar-refractivity contribution is 7.98. The lowest BCUT2D eigenvalue weighted by atomic mass is 10.5. The number of rotatable bonds is 5. The summed E-state index contributed by atoms with van der Waals surface area (Å²) in [5.74, 6) is 0. The van der Waals surface area contributed by atoms with E-state index in [0.717, 1.165) is 10.6 Å². The van der Waals surface area contributed by atoms with Crippen molar-refractivity contribution in [2.24, 2.45) is 0 Å². The molecule has 0 fully saturated rings. The van der Waals surface area contributed by atoms with Crippen LogP contribution >= 0.6 is 11.8 Å². The van der Waals surface area contributed by atoms with Crippen molar-refractivity contribution in [1.29, 1.82) is 0 Å². The monoisotopic (exact) mass is 271 g/mol. The van der Waals surface area contributed by atoms with Gasteiger partial charge in [0, 0.05) is 0 Å². The zero-order valence-corrected chi connectivity index (χ0v) is 13.9. The molecule has 17 heavy (non-hydrogen) atoms. The predicted molar refractivity (Wildman–Crippen MR) is 79.0 cm³/mol. The van der Waals surface area contributed by atoms with Gasteiger partial charge in [-0.05, 0) is 22.9 Å². The molecule has 1 heterocycles. The first-order chi connectivity index (χ1) is 7.87. The molecule has 0 unspecified atom stereocenters. The van der Waals surface area contributed by atoms with Gasteiger partial charge in [0.15, 0.2) is 18.7 Å². The lowest BCUT2D eigenvalue weighted by Crippen LogP contribution is -2.56. The van der Waals surface area contributed by atoms with Gasteiger partial charge in [-0.25, -0.2) is 4.98 Å². The third-order valence-electron chi connectivity index (χ3n) is 3.92. The molecule has 0 aliphatic rings. The van der Waals surface area contributed by atoms with Gasteiger partial charge in [0.05, 0.1) is 6.20 Å². The minimum absolute atomic E-state index is 0.649. The predicted octanol–water partition coefficient (Wildman–Crippen LogP) is 4.28. The first-order valence-corrected chi connectivity index (χ1v) is 9.83. The Bertz CT molecular complexity index is 338. The van der Waals surface area contributed by atoms with E-state index >= 15 is 0 Å². The second-order valence-electron chi connectivity index (χ2n) is 5.59. The van der Waals surface area contributed by atoms with Crippen LogP contribution in [-0.4, -0.2) is 19.3 Å². The fourth-order valence-corrected chi connectivity index (χ4v) is 9.75. The second-order valence-corrected chi connectivity index (χ2v) is 12.2.